The molecule has 2 aromatic rings. The van der Waals surface area contributed by atoms with E-state index in [1.54, 1.807) is 14.0 Å². The molecule has 7 nitrogen and oxygen atoms in total. The van der Waals surface area contributed by atoms with Crippen LogP contribution in [-0.2, 0) is 4.74 Å². The number of carbonyl (C=O) groups is 1. The molecule has 0 saturated carbocycles. The number of nitrogens with zero attached hydrogens (tertiary/aromatic N) is 4. The van der Waals surface area contributed by atoms with E-state index >= 15 is 0 Å². The quantitative estimate of drug-likeness (QED) is 0.647. The van der Waals surface area contributed by atoms with Crippen molar-refractivity contribution in [1.29, 1.82) is 0 Å². The molecule has 1 aliphatic heterocycles. The standard InChI is InChI=1S/C9H17NO2.C6H5IN4S/c1-9(2,3)12-8(11)10-6-4-5-7-10;7-12-11-2-1-4-5(8)9-3-10-6(4)11/h4-7H2,1-3H3;1-3H,(H2,8,9,10). The van der Waals surface area contributed by atoms with Gasteiger partial charge in [0.1, 0.15) is 17.7 Å². The van der Waals surface area contributed by atoms with Gasteiger partial charge < -0.3 is 15.4 Å². The molecule has 0 spiro atoms. The molecule has 1 fully saturated rings. The molecule has 0 aliphatic carbocycles. The fourth-order valence-electron chi connectivity index (χ4n) is 2.23. The summed E-state index contributed by atoms with van der Waals surface area (Å²) in [4.78, 5) is 21.1. The van der Waals surface area contributed by atoms with E-state index in [1.807, 2.05) is 37.0 Å². The second-order valence-electron chi connectivity index (χ2n) is 6.38. The maximum absolute atomic E-state index is 11.4. The van der Waals surface area contributed by atoms with Gasteiger partial charge in [0.05, 0.1) is 5.39 Å². The van der Waals surface area contributed by atoms with Gasteiger partial charge in [0.15, 0.2) is 5.65 Å². The average Bonchev–Trinajstić information content (AvgIpc) is 3.16. The fourth-order valence-corrected chi connectivity index (χ4v) is 3.50. The minimum Gasteiger partial charge on any atom is -0.444 e. The number of rotatable bonds is 1. The SMILES string of the molecule is CC(C)(C)OC(=O)N1CCCC1.Nc1ncnc2c1ccn2SI. The number of hydrogen-bond donors (Lipinski definition) is 1. The Morgan fingerprint density at radius 1 is 1.33 bits per heavy atom. The molecule has 1 saturated heterocycles. The summed E-state index contributed by atoms with van der Waals surface area (Å²) in [6.07, 6.45) is 5.45. The van der Waals surface area contributed by atoms with Crippen LogP contribution in [-0.4, -0.2) is 43.6 Å². The number of fused-ring (bicyclic) bond motifs is 1. The first-order valence-corrected chi connectivity index (χ1v) is 11.0. The Hall–Kier alpha value is -1.23. The van der Waals surface area contributed by atoms with Gasteiger partial charge >= 0.3 is 6.09 Å². The first kappa shape index (κ1) is 19.1. The Balaban J connectivity index is 0.000000174. The zero-order valence-electron chi connectivity index (χ0n) is 14.0. The van der Waals surface area contributed by atoms with Crippen LogP contribution in [0.25, 0.3) is 11.0 Å². The number of hydrogen-bond acceptors (Lipinski definition) is 6. The van der Waals surface area contributed by atoms with Crippen molar-refractivity contribution in [3.63, 3.8) is 0 Å². The zero-order chi connectivity index (χ0) is 17.7. The highest BCUT2D eigenvalue weighted by molar-refractivity contribution is 14.2. The monoisotopic (exact) mass is 463 g/mol. The van der Waals surface area contributed by atoms with E-state index in [0.29, 0.717) is 5.82 Å². The third-order valence-corrected chi connectivity index (χ3v) is 5.03. The molecule has 24 heavy (non-hydrogen) atoms. The lowest BCUT2D eigenvalue weighted by molar-refractivity contribution is 0.0295. The van der Waals surface area contributed by atoms with Crippen LogP contribution in [0.2, 0.25) is 0 Å². The molecule has 2 N–H and O–H groups in total. The van der Waals surface area contributed by atoms with Gasteiger partial charge in [-0.05, 0) is 39.7 Å². The van der Waals surface area contributed by atoms with Crippen molar-refractivity contribution in [2.75, 3.05) is 18.8 Å². The number of anilines is 1. The third kappa shape index (κ3) is 5.13. The summed E-state index contributed by atoms with van der Waals surface area (Å²) < 4.78 is 7.15. The Morgan fingerprint density at radius 3 is 2.58 bits per heavy atom. The smallest absolute Gasteiger partial charge is 0.410 e. The molecule has 1 aliphatic rings. The van der Waals surface area contributed by atoms with Crippen LogP contribution in [0, 0.1) is 0 Å². The second-order valence-corrected chi connectivity index (χ2v) is 8.09. The molecular formula is C15H22IN5O2S. The molecule has 3 rings (SSSR count). The van der Waals surface area contributed by atoms with Crippen LogP contribution in [0.4, 0.5) is 10.6 Å². The maximum atomic E-state index is 11.4. The highest BCUT2D eigenvalue weighted by atomic mass is 127. The van der Waals surface area contributed by atoms with Crippen LogP contribution >= 0.6 is 30.3 Å². The van der Waals surface area contributed by atoms with E-state index < -0.39 is 0 Å². The first-order valence-electron chi connectivity index (χ1n) is 7.66. The van der Waals surface area contributed by atoms with E-state index in [2.05, 4.69) is 31.2 Å². The van der Waals surface area contributed by atoms with Crippen molar-refractivity contribution < 1.29 is 9.53 Å². The predicted octanol–water partition coefficient (Wildman–Crippen LogP) is 3.88. The Kier molecular flexibility index (Phi) is 6.55. The number of nitrogens with two attached hydrogens (primary N) is 1. The van der Waals surface area contributed by atoms with Gasteiger partial charge in [0.25, 0.3) is 0 Å². The summed E-state index contributed by atoms with van der Waals surface area (Å²) in [5.74, 6) is 0.532. The lowest BCUT2D eigenvalue weighted by atomic mass is 10.2. The number of likely N-dealkylation sites (tertiary alicyclic amines) is 1. The maximum Gasteiger partial charge on any atom is 0.410 e. The summed E-state index contributed by atoms with van der Waals surface area (Å²) >= 11 is 2.19. The van der Waals surface area contributed by atoms with E-state index in [-0.39, 0.29) is 11.7 Å². The second kappa shape index (κ2) is 8.24. The number of halogens is 1. The van der Waals surface area contributed by atoms with Crippen LogP contribution in [0.1, 0.15) is 33.6 Å². The molecule has 0 radical (unpaired) electrons. The average molecular weight is 463 g/mol. The fraction of sp³-hybridized carbons (Fsp3) is 0.533. The minimum atomic E-state index is -0.361. The Labute approximate surface area is 158 Å². The lowest BCUT2D eigenvalue weighted by Crippen LogP contribution is -2.34. The molecular weight excluding hydrogens is 441 g/mol. The van der Waals surface area contributed by atoms with E-state index in [0.717, 1.165) is 37.0 Å². The highest BCUT2D eigenvalue weighted by Gasteiger charge is 2.23. The summed E-state index contributed by atoms with van der Waals surface area (Å²) in [6, 6.07) is 1.91. The molecule has 0 bridgehead atoms. The van der Waals surface area contributed by atoms with Crippen molar-refractivity contribution in [2.24, 2.45) is 0 Å². The van der Waals surface area contributed by atoms with Crippen LogP contribution in [0.5, 0.6) is 0 Å². The molecule has 2 aromatic heterocycles. The highest BCUT2D eigenvalue weighted by Crippen LogP contribution is 2.24. The van der Waals surface area contributed by atoms with Gasteiger partial charge in [-0.2, -0.15) is 0 Å². The van der Waals surface area contributed by atoms with Crippen LogP contribution in [0.15, 0.2) is 18.6 Å². The van der Waals surface area contributed by atoms with Gasteiger partial charge in [0.2, 0.25) is 0 Å². The van der Waals surface area contributed by atoms with E-state index in [4.69, 9.17) is 10.5 Å². The summed E-state index contributed by atoms with van der Waals surface area (Å²) in [7, 11) is 1.55. The van der Waals surface area contributed by atoms with Gasteiger partial charge in [-0.1, -0.05) is 0 Å². The third-order valence-electron chi connectivity index (χ3n) is 3.31. The lowest BCUT2D eigenvalue weighted by Gasteiger charge is -2.23. The van der Waals surface area contributed by atoms with Gasteiger partial charge in [-0.3, -0.25) is 3.97 Å². The minimum absolute atomic E-state index is 0.167. The van der Waals surface area contributed by atoms with Gasteiger partial charge in [-0.15, -0.1) is 0 Å². The topological polar surface area (TPSA) is 86.3 Å². The molecule has 3 heterocycles. The van der Waals surface area contributed by atoms with Gasteiger partial charge in [-0.25, -0.2) is 14.8 Å². The van der Waals surface area contributed by atoms with Crippen molar-refractivity contribution >= 4 is 53.3 Å². The first-order chi connectivity index (χ1) is 11.3. The molecule has 1 amide bonds. The largest absolute Gasteiger partial charge is 0.444 e. The van der Waals surface area contributed by atoms with Crippen molar-refractivity contribution in [1.82, 2.24) is 18.8 Å². The molecule has 0 aromatic carbocycles. The molecule has 0 atom stereocenters. The normalized spacial score (nSPS) is 14.4. The van der Waals surface area contributed by atoms with Crippen molar-refractivity contribution in [2.45, 2.75) is 39.2 Å². The number of ether oxygens (including phenoxy) is 1. The predicted molar refractivity (Wildman–Crippen MR) is 106 cm³/mol. The van der Waals surface area contributed by atoms with E-state index in [9.17, 15) is 4.79 Å². The Morgan fingerprint density at radius 2 is 2.00 bits per heavy atom. The molecule has 132 valence electrons. The van der Waals surface area contributed by atoms with Crippen LogP contribution < -0.4 is 5.73 Å². The number of aromatic nitrogens is 3. The number of carbonyl (C=O) groups excluding carboxylic acids is 1. The van der Waals surface area contributed by atoms with E-state index in [1.165, 1.54) is 6.33 Å². The summed E-state index contributed by atoms with van der Waals surface area (Å²) in [6.45, 7) is 7.38. The zero-order valence-corrected chi connectivity index (χ0v) is 17.0. The number of nitrogen functional groups attached to an aromatic ring is 1. The summed E-state index contributed by atoms with van der Waals surface area (Å²) in [5, 5.41) is 0.904. The molecule has 9 heteroatoms. The summed E-state index contributed by atoms with van der Waals surface area (Å²) in [5.41, 5.74) is 6.15. The Bertz CT molecular complexity index is 695. The van der Waals surface area contributed by atoms with Crippen molar-refractivity contribution in [3.05, 3.63) is 18.6 Å². The van der Waals surface area contributed by atoms with Gasteiger partial charge in [0, 0.05) is 49.6 Å². The number of amides is 1. The van der Waals surface area contributed by atoms with Crippen LogP contribution in [0.3, 0.4) is 0 Å². The van der Waals surface area contributed by atoms with Crippen molar-refractivity contribution in [3.8, 4) is 0 Å². The molecule has 0 unspecified atom stereocenters.